The highest BCUT2D eigenvalue weighted by molar-refractivity contribution is 5.93. The highest BCUT2D eigenvalue weighted by Crippen LogP contribution is 2.22. The molecular formula is C20H30N4O3. The largest absolute Gasteiger partial charge is 0.388 e. The monoisotopic (exact) mass is 374 g/mol. The fraction of sp³-hybridized carbons (Fsp3) is 0.650. The van der Waals surface area contributed by atoms with E-state index in [2.05, 4.69) is 15.2 Å². The molecule has 7 heteroatoms. The summed E-state index contributed by atoms with van der Waals surface area (Å²) in [6.07, 6.45) is 8.52. The second-order valence-corrected chi connectivity index (χ2v) is 7.72. The number of amides is 2. The van der Waals surface area contributed by atoms with Crippen molar-refractivity contribution >= 4 is 11.8 Å². The maximum Gasteiger partial charge on any atom is 0.252 e. The van der Waals surface area contributed by atoms with Gasteiger partial charge in [-0.05, 0) is 57.3 Å². The zero-order chi connectivity index (χ0) is 19.1. The second kappa shape index (κ2) is 9.28. The van der Waals surface area contributed by atoms with Crippen LogP contribution in [0.15, 0.2) is 24.5 Å². The number of carbonyl (C=O) groups excluding carboxylic acids is 2. The Morgan fingerprint density at radius 3 is 2.67 bits per heavy atom. The lowest BCUT2D eigenvalue weighted by atomic mass is 9.95. The van der Waals surface area contributed by atoms with Gasteiger partial charge in [-0.3, -0.25) is 19.5 Å². The van der Waals surface area contributed by atoms with E-state index in [1.165, 1.54) is 25.5 Å². The van der Waals surface area contributed by atoms with E-state index < -0.39 is 5.60 Å². The molecule has 0 unspecified atom stereocenters. The maximum atomic E-state index is 12.6. The van der Waals surface area contributed by atoms with Crippen molar-refractivity contribution in [2.45, 2.75) is 44.1 Å². The summed E-state index contributed by atoms with van der Waals surface area (Å²) in [5.74, 6) is -0.0839. The Labute approximate surface area is 160 Å². The third-order valence-corrected chi connectivity index (χ3v) is 5.58. The lowest BCUT2D eigenvalue weighted by molar-refractivity contribution is -0.132. The molecule has 1 aromatic heterocycles. The summed E-state index contributed by atoms with van der Waals surface area (Å²) in [5.41, 5.74) is -0.495. The highest BCUT2D eigenvalue weighted by Gasteiger charge is 2.32. The van der Waals surface area contributed by atoms with Gasteiger partial charge in [0.25, 0.3) is 5.91 Å². The maximum absolute atomic E-state index is 12.6. The molecular weight excluding hydrogens is 344 g/mol. The molecule has 2 saturated heterocycles. The number of carbonyl (C=O) groups is 2. The minimum absolute atomic E-state index is 0.153. The fourth-order valence-electron chi connectivity index (χ4n) is 3.86. The van der Waals surface area contributed by atoms with Crippen molar-refractivity contribution in [2.24, 2.45) is 0 Å². The zero-order valence-corrected chi connectivity index (χ0v) is 15.9. The molecule has 0 aliphatic carbocycles. The van der Waals surface area contributed by atoms with Gasteiger partial charge in [0.1, 0.15) is 0 Å². The van der Waals surface area contributed by atoms with Crippen molar-refractivity contribution in [1.82, 2.24) is 20.1 Å². The van der Waals surface area contributed by atoms with Crippen LogP contribution in [0, 0.1) is 0 Å². The normalized spacial score (nSPS) is 24.3. The van der Waals surface area contributed by atoms with Gasteiger partial charge in [-0.2, -0.15) is 0 Å². The smallest absolute Gasteiger partial charge is 0.252 e. The quantitative estimate of drug-likeness (QED) is 0.804. The summed E-state index contributed by atoms with van der Waals surface area (Å²) in [6, 6.07) is 3.40. The standard InChI is InChI=1S/C20H30N4O3/c25-18(15-23-10-2-1-3-11-23)24-12-5-7-20(27,8-13-24)16-22-19(26)17-6-4-9-21-14-17/h4,6,9,14,27H,1-3,5,7-8,10-13,15-16H2,(H,22,26)/t20-/m0/s1. The summed E-state index contributed by atoms with van der Waals surface area (Å²) in [7, 11) is 0. The Hall–Kier alpha value is -1.99. The van der Waals surface area contributed by atoms with Gasteiger partial charge < -0.3 is 15.3 Å². The fourth-order valence-corrected chi connectivity index (χ4v) is 3.86. The SMILES string of the molecule is O=C(NC[C@]1(O)CCCN(C(=O)CN2CCCCC2)CC1)c1cccnc1. The van der Waals surface area contributed by atoms with Gasteiger partial charge in [-0.15, -0.1) is 0 Å². The molecule has 3 rings (SSSR count). The lowest BCUT2D eigenvalue weighted by Gasteiger charge is -2.30. The molecule has 2 aliphatic heterocycles. The third kappa shape index (κ3) is 5.74. The molecule has 2 amide bonds. The van der Waals surface area contributed by atoms with Crippen LogP contribution in [0.25, 0.3) is 0 Å². The van der Waals surface area contributed by atoms with Gasteiger partial charge in [-0.25, -0.2) is 0 Å². The first-order chi connectivity index (χ1) is 13.1. The molecule has 0 spiro atoms. The summed E-state index contributed by atoms with van der Waals surface area (Å²) in [4.78, 5) is 32.8. The van der Waals surface area contributed by atoms with Crippen LogP contribution in [0.3, 0.4) is 0 Å². The molecule has 2 aliphatic rings. The minimum Gasteiger partial charge on any atom is -0.388 e. The topological polar surface area (TPSA) is 85.8 Å². The summed E-state index contributed by atoms with van der Waals surface area (Å²) in [5, 5.41) is 13.7. The minimum atomic E-state index is -0.974. The van der Waals surface area contributed by atoms with Gasteiger partial charge in [0, 0.05) is 32.0 Å². The number of aromatic nitrogens is 1. The number of nitrogens with zero attached hydrogens (tertiary/aromatic N) is 3. The summed E-state index contributed by atoms with van der Waals surface area (Å²) < 4.78 is 0. The van der Waals surface area contributed by atoms with Gasteiger partial charge in [-0.1, -0.05) is 6.42 Å². The van der Waals surface area contributed by atoms with Crippen LogP contribution in [0.2, 0.25) is 0 Å². The number of pyridine rings is 1. The Morgan fingerprint density at radius 1 is 1.11 bits per heavy atom. The van der Waals surface area contributed by atoms with E-state index in [1.807, 2.05) is 4.90 Å². The van der Waals surface area contributed by atoms with E-state index >= 15 is 0 Å². The first kappa shape index (κ1) is 19.8. The number of rotatable bonds is 5. The molecule has 0 saturated carbocycles. The van der Waals surface area contributed by atoms with E-state index in [9.17, 15) is 14.7 Å². The lowest BCUT2D eigenvalue weighted by Crippen LogP contribution is -2.45. The second-order valence-electron chi connectivity index (χ2n) is 7.72. The molecule has 0 aromatic carbocycles. The predicted molar refractivity (Wildman–Crippen MR) is 102 cm³/mol. The molecule has 1 aromatic rings. The van der Waals surface area contributed by atoms with Crippen molar-refractivity contribution < 1.29 is 14.7 Å². The highest BCUT2D eigenvalue weighted by atomic mass is 16.3. The van der Waals surface area contributed by atoms with E-state index in [4.69, 9.17) is 0 Å². The number of aliphatic hydroxyl groups is 1. The van der Waals surface area contributed by atoms with Crippen LogP contribution in [-0.4, -0.2) is 76.6 Å². The third-order valence-electron chi connectivity index (χ3n) is 5.58. The first-order valence-electron chi connectivity index (χ1n) is 9.96. The number of likely N-dealkylation sites (tertiary alicyclic amines) is 2. The predicted octanol–water partition coefficient (Wildman–Crippen LogP) is 1.04. The number of hydrogen-bond acceptors (Lipinski definition) is 5. The summed E-state index contributed by atoms with van der Waals surface area (Å²) >= 11 is 0. The Kier molecular flexibility index (Phi) is 6.79. The first-order valence-corrected chi connectivity index (χ1v) is 9.96. The Balaban J connectivity index is 1.47. The van der Waals surface area contributed by atoms with Crippen molar-refractivity contribution in [3.8, 4) is 0 Å². The van der Waals surface area contributed by atoms with Crippen molar-refractivity contribution in [3.05, 3.63) is 30.1 Å². The molecule has 27 heavy (non-hydrogen) atoms. The van der Waals surface area contributed by atoms with E-state index in [1.54, 1.807) is 18.3 Å². The van der Waals surface area contributed by atoms with Crippen LogP contribution < -0.4 is 5.32 Å². The van der Waals surface area contributed by atoms with Gasteiger partial charge >= 0.3 is 0 Å². The molecule has 0 radical (unpaired) electrons. The van der Waals surface area contributed by atoms with Crippen LogP contribution in [-0.2, 0) is 4.79 Å². The molecule has 7 nitrogen and oxygen atoms in total. The van der Waals surface area contributed by atoms with Crippen LogP contribution in [0.4, 0.5) is 0 Å². The average molecular weight is 374 g/mol. The van der Waals surface area contributed by atoms with Gasteiger partial charge in [0.15, 0.2) is 0 Å². The van der Waals surface area contributed by atoms with Crippen LogP contribution >= 0.6 is 0 Å². The Morgan fingerprint density at radius 2 is 1.93 bits per heavy atom. The summed E-state index contributed by atoms with van der Waals surface area (Å²) in [6.45, 7) is 3.89. The van der Waals surface area contributed by atoms with Crippen LogP contribution in [0.5, 0.6) is 0 Å². The number of hydrogen-bond donors (Lipinski definition) is 2. The van der Waals surface area contributed by atoms with Gasteiger partial charge in [0.2, 0.25) is 5.91 Å². The van der Waals surface area contributed by atoms with E-state index in [0.29, 0.717) is 38.0 Å². The number of piperidine rings is 1. The number of nitrogens with one attached hydrogen (secondary N) is 1. The average Bonchev–Trinajstić information content (AvgIpc) is 2.90. The molecule has 148 valence electrons. The molecule has 3 heterocycles. The molecule has 0 bridgehead atoms. The van der Waals surface area contributed by atoms with Crippen LogP contribution in [0.1, 0.15) is 48.9 Å². The van der Waals surface area contributed by atoms with Crippen molar-refractivity contribution in [2.75, 3.05) is 39.3 Å². The van der Waals surface area contributed by atoms with Gasteiger partial charge in [0.05, 0.1) is 17.7 Å². The van der Waals surface area contributed by atoms with Crippen molar-refractivity contribution in [3.63, 3.8) is 0 Å². The Bertz CT molecular complexity index is 633. The zero-order valence-electron chi connectivity index (χ0n) is 15.9. The van der Waals surface area contributed by atoms with E-state index in [-0.39, 0.29) is 18.4 Å². The molecule has 1 atom stereocenters. The van der Waals surface area contributed by atoms with E-state index in [0.717, 1.165) is 19.5 Å². The molecule has 2 N–H and O–H groups in total. The van der Waals surface area contributed by atoms with Crippen molar-refractivity contribution in [1.29, 1.82) is 0 Å². The molecule has 2 fully saturated rings.